The first-order chi connectivity index (χ1) is 4.72. The van der Waals surface area contributed by atoms with Crippen molar-refractivity contribution in [3.63, 3.8) is 0 Å². The van der Waals surface area contributed by atoms with Crippen LogP contribution >= 0.6 is 11.6 Å². The SMILES string of the molecule is O=[N+]([O-])c1[c]ncnc1Cl. The lowest BCUT2D eigenvalue weighted by molar-refractivity contribution is -0.385. The molecule has 1 rings (SSSR count). The van der Waals surface area contributed by atoms with Crippen molar-refractivity contribution in [2.24, 2.45) is 0 Å². The van der Waals surface area contributed by atoms with Gasteiger partial charge in [0, 0.05) is 0 Å². The quantitative estimate of drug-likeness (QED) is 0.345. The lowest BCUT2D eigenvalue weighted by Gasteiger charge is -1.88. The Labute approximate surface area is 60.8 Å². The highest BCUT2D eigenvalue weighted by Crippen LogP contribution is 2.17. The first-order valence-corrected chi connectivity index (χ1v) is 2.62. The molecule has 0 N–H and O–H groups in total. The maximum Gasteiger partial charge on any atom is 0.334 e. The molecule has 1 heterocycles. The van der Waals surface area contributed by atoms with Gasteiger partial charge >= 0.3 is 5.69 Å². The molecule has 0 saturated carbocycles. The number of nitro groups is 1. The van der Waals surface area contributed by atoms with Gasteiger partial charge in [0.15, 0.2) is 6.20 Å². The highest BCUT2D eigenvalue weighted by molar-refractivity contribution is 6.31. The molecule has 6 heteroatoms. The standard InChI is InChI=1S/C4HClN3O2/c5-4-3(8(9)10)1-6-2-7-4/h2H. The molecule has 0 fully saturated rings. The van der Waals surface area contributed by atoms with Crippen LogP contribution in [0.4, 0.5) is 5.69 Å². The van der Waals surface area contributed by atoms with Crippen molar-refractivity contribution in [3.05, 3.63) is 27.8 Å². The molecule has 0 bridgehead atoms. The van der Waals surface area contributed by atoms with E-state index >= 15 is 0 Å². The normalized spacial score (nSPS) is 9.30. The number of hydrogen-bond donors (Lipinski definition) is 0. The predicted molar refractivity (Wildman–Crippen MR) is 32.5 cm³/mol. The van der Waals surface area contributed by atoms with Gasteiger partial charge in [-0.3, -0.25) is 10.1 Å². The number of nitrogens with zero attached hydrogens (tertiary/aromatic N) is 3. The fourth-order valence-corrected chi connectivity index (χ4v) is 0.548. The van der Waals surface area contributed by atoms with E-state index in [9.17, 15) is 10.1 Å². The second kappa shape index (κ2) is 2.57. The molecule has 5 nitrogen and oxygen atoms in total. The van der Waals surface area contributed by atoms with Crippen molar-refractivity contribution in [1.82, 2.24) is 9.97 Å². The summed E-state index contributed by atoms with van der Waals surface area (Å²) in [4.78, 5) is 16.0. The molecule has 0 aromatic carbocycles. The number of aromatic nitrogens is 2. The first kappa shape index (κ1) is 6.88. The van der Waals surface area contributed by atoms with Gasteiger partial charge in [0.05, 0.1) is 4.92 Å². The minimum atomic E-state index is -0.692. The van der Waals surface area contributed by atoms with Gasteiger partial charge in [-0.2, -0.15) is 0 Å². The summed E-state index contributed by atoms with van der Waals surface area (Å²) in [6, 6.07) is 0. The van der Waals surface area contributed by atoms with Crippen LogP contribution in [0.3, 0.4) is 0 Å². The van der Waals surface area contributed by atoms with E-state index in [-0.39, 0.29) is 5.15 Å². The summed E-state index contributed by atoms with van der Waals surface area (Å²) < 4.78 is 0. The van der Waals surface area contributed by atoms with E-state index in [4.69, 9.17) is 11.6 Å². The van der Waals surface area contributed by atoms with Gasteiger partial charge in [0.1, 0.15) is 6.33 Å². The molecule has 0 aliphatic rings. The van der Waals surface area contributed by atoms with Crippen LogP contribution in [0.1, 0.15) is 0 Å². The molecule has 1 aromatic heterocycles. The lowest BCUT2D eigenvalue weighted by Crippen LogP contribution is -1.91. The predicted octanol–water partition coefficient (Wildman–Crippen LogP) is 0.838. The third-order valence-electron chi connectivity index (χ3n) is 0.777. The van der Waals surface area contributed by atoms with Gasteiger partial charge in [-0.15, -0.1) is 0 Å². The molecule has 10 heavy (non-hydrogen) atoms. The Morgan fingerprint density at radius 2 is 2.50 bits per heavy atom. The fourth-order valence-electron chi connectivity index (χ4n) is 0.393. The van der Waals surface area contributed by atoms with Crippen molar-refractivity contribution in [1.29, 1.82) is 0 Å². The molecule has 0 amide bonds. The van der Waals surface area contributed by atoms with Crippen molar-refractivity contribution < 1.29 is 4.92 Å². The van der Waals surface area contributed by atoms with Crippen LogP contribution in [-0.4, -0.2) is 14.9 Å². The highest BCUT2D eigenvalue weighted by Gasteiger charge is 2.12. The molecule has 0 atom stereocenters. The van der Waals surface area contributed by atoms with Gasteiger partial charge in [0.2, 0.25) is 5.15 Å². The van der Waals surface area contributed by atoms with Gasteiger partial charge in [-0.1, -0.05) is 11.6 Å². The molecule has 0 aliphatic heterocycles. The molecule has 0 aliphatic carbocycles. The summed E-state index contributed by atoms with van der Waals surface area (Å²) in [5.41, 5.74) is -0.399. The Hall–Kier alpha value is -1.23. The van der Waals surface area contributed by atoms with Gasteiger partial charge in [-0.05, 0) is 0 Å². The maximum atomic E-state index is 10.0. The fraction of sp³-hybridized carbons (Fsp3) is 0. The van der Waals surface area contributed by atoms with E-state index in [1.54, 1.807) is 0 Å². The Kier molecular flexibility index (Phi) is 1.77. The third-order valence-corrected chi connectivity index (χ3v) is 1.05. The molecular formula is C4HClN3O2. The van der Waals surface area contributed by atoms with Crippen molar-refractivity contribution >= 4 is 17.3 Å². The van der Waals surface area contributed by atoms with E-state index in [1.807, 2.05) is 0 Å². The monoisotopic (exact) mass is 158 g/mol. The van der Waals surface area contributed by atoms with E-state index in [0.29, 0.717) is 0 Å². The van der Waals surface area contributed by atoms with Crippen LogP contribution in [0.5, 0.6) is 0 Å². The van der Waals surface area contributed by atoms with Gasteiger partial charge < -0.3 is 0 Å². The summed E-state index contributed by atoms with van der Waals surface area (Å²) in [6.07, 6.45) is 3.19. The number of halogens is 1. The number of rotatable bonds is 1. The Bertz CT molecular complexity index is 264. The Morgan fingerprint density at radius 3 is 2.90 bits per heavy atom. The zero-order chi connectivity index (χ0) is 7.56. The summed E-state index contributed by atoms with van der Waals surface area (Å²) >= 11 is 5.30. The van der Waals surface area contributed by atoms with Gasteiger partial charge in [0.25, 0.3) is 0 Å². The molecular weight excluding hydrogens is 158 g/mol. The largest absolute Gasteiger partial charge is 0.334 e. The molecule has 51 valence electrons. The highest BCUT2D eigenvalue weighted by atomic mass is 35.5. The first-order valence-electron chi connectivity index (χ1n) is 2.24. The number of hydrogen-bond acceptors (Lipinski definition) is 4. The van der Waals surface area contributed by atoms with Crippen molar-refractivity contribution in [3.8, 4) is 0 Å². The van der Waals surface area contributed by atoms with Crippen LogP contribution in [0.15, 0.2) is 6.33 Å². The smallest absolute Gasteiger partial charge is 0.258 e. The van der Waals surface area contributed by atoms with Crippen LogP contribution < -0.4 is 0 Å². The lowest BCUT2D eigenvalue weighted by atomic mass is 10.6. The maximum absolute atomic E-state index is 10.0. The third kappa shape index (κ3) is 1.19. The van der Waals surface area contributed by atoms with Crippen LogP contribution in [0, 0.1) is 16.3 Å². The zero-order valence-corrected chi connectivity index (χ0v) is 5.37. The zero-order valence-electron chi connectivity index (χ0n) is 4.61. The van der Waals surface area contributed by atoms with Crippen molar-refractivity contribution in [2.75, 3.05) is 0 Å². The minimum Gasteiger partial charge on any atom is -0.258 e. The average molecular weight is 159 g/mol. The molecule has 1 aromatic rings. The topological polar surface area (TPSA) is 68.9 Å². The molecule has 0 unspecified atom stereocenters. The second-order valence-electron chi connectivity index (χ2n) is 1.38. The average Bonchev–Trinajstić information content (AvgIpc) is 1.88. The van der Waals surface area contributed by atoms with E-state index in [0.717, 1.165) is 6.33 Å². The van der Waals surface area contributed by atoms with E-state index < -0.39 is 10.6 Å². The Morgan fingerprint density at radius 1 is 1.80 bits per heavy atom. The van der Waals surface area contributed by atoms with Crippen LogP contribution in [-0.2, 0) is 0 Å². The summed E-state index contributed by atoms with van der Waals surface area (Å²) in [5, 5.41) is 9.84. The summed E-state index contributed by atoms with van der Waals surface area (Å²) in [7, 11) is 0. The molecule has 1 radical (unpaired) electrons. The summed E-state index contributed by atoms with van der Waals surface area (Å²) in [6.45, 7) is 0. The molecule has 0 saturated heterocycles. The van der Waals surface area contributed by atoms with Crippen LogP contribution in [0.2, 0.25) is 5.15 Å². The van der Waals surface area contributed by atoms with E-state index in [1.165, 1.54) is 0 Å². The van der Waals surface area contributed by atoms with Crippen LogP contribution in [0.25, 0.3) is 0 Å². The summed E-state index contributed by atoms with van der Waals surface area (Å²) in [5.74, 6) is 0. The molecule has 0 spiro atoms. The van der Waals surface area contributed by atoms with Crippen molar-refractivity contribution in [2.45, 2.75) is 0 Å². The van der Waals surface area contributed by atoms with E-state index in [2.05, 4.69) is 16.2 Å². The minimum absolute atomic E-state index is 0.194. The van der Waals surface area contributed by atoms with Gasteiger partial charge in [-0.25, -0.2) is 9.97 Å². The Balaban J connectivity index is 3.15. The second-order valence-corrected chi connectivity index (χ2v) is 1.74.